The summed E-state index contributed by atoms with van der Waals surface area (Å²) >= 11 is 3.31. The number of sulfonamides is 1. The molecule has 1 unspecified atom stereocenters. The Morgan fingerprint density at radius 1 is 1.04 bits per heavy atom. The van der Waals surface area contributed by atoms with Gasteiger partial charge in [0.1, 0.15) is 10.6 Å². The molecule has 0 amide bonds. The normalized spacial score (nSPS) is 12.5. The van der Waals surface area contributed by atoms with Gasteiger partial charge in [0.2, 0.25) is 10.0 Å². The molecule has 0 spiro atoms. The summed E-state index contributed by atoms with van der Waals surface area (Å²) in [5.74, 6) is 0.272. The largest absolute Gasteiger partial charge is 0.495 e. The zero-order chi connectivity index (χ0) is 18.6. The number of ether oxygens (including phenoxy) is 1. The van der Waals surface area contributed by atoms with Crippen LogP contribution < -0.4 is 9.46 Å². The van der Waals surface area contributed by atoms with E-state index in [4.69, 9.17) is 4.74 Å². The van der Waals surface area contributed by atoms with Crippen molar-refractivity contribution >= 4 is 26.0 Å². The van der Waals surface area contributed by atoms with Crippen LogP contribution in [-0.4, -0.2) is 20.5 Å². The SMILES string of the molecule is COc1ccc(Br)cc1S(=O)(=O)NC(c1ccccc1)c1ccccn1. The van der Waals surface area contributed by atoms with Crippen LogP contribution in [0.5, 0.6) is 5.75 Å². The van der Waals surface area contributed by atoms with Gasteiger partial charge in [0.05, 0.1) is 18.8 Å². The average Bonchev–Trinajstić information content (AvgIpc) is 2.67. The van der Waals surface area contributed by atoms with Crippen LogP contribution in [0.3, 0.4) is 0 Å². The maximum atomic E-state index is 13.1. The fraction of sp³-hybridized carbons (Fsp3) is 0.105. The van der Waals surface area contributed by atoms with Gasteiger partial charge in [-0.1, -0.05) is 52.3 Å². The van der Waals surface area contributed by atoms with Crippen molar-refractivity contribution in [1.82, 2.24) is 9.71 Å². The van der Waals surface area contributed by atoms with Crippen LogP contribution in [0, 0.1) is 0 Å². The molecular weight excluding hydrogens is 416 g/mol. The predicted octanol–water partition coefficient (Wildman–Crippen LogP) is 3.92. The van der Waals surface area contributed by atoms with E-state index in [1.807, 2.05) is 36.4 Å². The summed E-state index contributed by atoms with van der Waals surface area (Å²) in [6.07, 6.45) is 1.64. The summed E-state index contributed by atoms with van der Waals surface area (Å²) in [6, 6.07) is 19.0. The lowest BCUT2D eigenvalue weighted by atomic mass is 10.0. The third-order valence-electron chi connectivity index (χ3n) is 3.80. The average molecular weight is 433 g/mol. The zero-order valence-corrected chi connectivity index (χ0v) is 16.4. The second kappa shape index (κ2) is 7.99. The number of methoxy groups -OCH3 is 1. The molecule has 134 valence electrons. The fourth-order valence-corrected chi connectivity index (χ4v) is 4.48. The number of halogens is 1. The molecule has 2 aromatic carbocycles. The van der Waals surface area contributed by atoms with Crippen LogP contribution in [0.1, 0.15) is 17.3 Å². The maximum Gasteiger partial charge on any atom is 0.245 e. The Kier molecular flexibility index (Phi) is 5.70. The lowest BCUT2D eigenvalue weighted by molar-refractivity contribution is 0.402. The highest BCUT2D eigenvalue weighted by atomic mass is 79.9. The van der Waals surface area contributed by atoms with E-state index in [9.17, 15) is 8.42 Å². The van der Waals surface area contributed by atoms with Gasteiger partial charge in [-0.2, -0.15) is 4.72 Å². The predicted molar refractivity (Wildman–Crippen MR) is 104 cm³/mol. The van der Waals surface area contributed by atoms with E-state index in [-0.39, 0.29) is 10.6 Å². The number of nitrogens with one attached hydrogen (secondary N) is 1. The molecule has 1 N–H and O–H groups in total. The number of hydrogen-bond donors (Lipinski definition) is 1. The highest BCUT2D eigenvalue weighted by molar-refractivity contribution is 9.10. The summed E-state index contributed by atoms with van der Waals surface area (Å²) in [7, 11) is -2.43. The quantitative estimate of drug-likeness (QED) is 0.640. The first kappa shape index (κ1) is 18.6. The Morgan fingerprint density at radius 2 is 1.77 bits per heavy atom. The van der Waals surface area contributed by atoms with Crippen LogP contribution in [0.15, 0.2) is 82.3 Å². The lowest BCUT2D eigenvalue weighted by Gasteiger charge is -2.20. The van der Waals surface area contributed by atoms with Gasteiger partial charge in [-0.25, -0.2) is 8.42 Å². The third-order valence-corrected chi connectivity index (χ3v) is 5.74. The molecule has 0 aliphatic rings. The topological polar surface area (TPSA) is 68.3 Å². The maximum absolute atomic E-state index is 13.1. The van der Waals surface area contributed by atoms with Crippen LogP contribution in [-0.2, 0) is 10.0 Å². The highest BCUT2D eigenvalue weighted by Gasteiger charge is 2.26. The van der Waals surface area contributed by atoms with Crippen molar-refractivity contribution in [3.05, 3.63) is 88.7 Å². The van der Waals surface area contributed by atoms with E-state index >= 15 is 0 Å². The fourth-order valence-electron chi connectivity index (χ4n) is 2.57. The smallest absolute Gasteiger partial charge is 0.245 e. The number of pyridine rings is 1. The summed E-state index contributed by atoms with van der Waals surface area (Å²) in [4.78, 5) is 4.39. The molecule has 0 aliphatic heterocycles. The molecule has 0 aliphatic carbocycles. The second-order valence-electron chi connectivity index (χ2n) is 5.51. The van der Waals surface area contributed by atoms with Gasteiger partial charge in [-0.15, -0.1) is 0 Å². The van der Waals surface area contributed by atoms with Crippen molar-refractivity contribution < 1.29 is 13.2 Å². The minimum atomic E-state index is -3.87. The first-order chi connectivity index (χ1) is 12.5. The van der Waals surface area contributed by atoms with Gasteiger partial charge in [0.15, 0.2) is 0 Å². The highest BCUT2D eigenvalue weighted by Crippen LogP contribution is 2.30. The number of nitrogens with zero attached hydrogens (tertiary/aromatic N) is 1. The molecule has 1 heterocycles. The van der Waals surface area contributed by atoms with Gasteiger partial charge < -0.3 is 4.74 Å². The van der Waals surface area contributed by atoms with Crippen molar-refractivity contribution in [2.45, 2.75) is 10.9 Å². The van der Waals surface area contributed by atoms with Gasteiger partial charge in [-0.3, -0.25) is 4.98 Å². The summed E-state index contributed by atoms with van der Waals surface area (Å²) < 4.78 is 34.8. The molecule has 0 saturated carbocycles. The van der Waals surface area contributed by atoms with Crippen molar-refractivity contribution in [3.63, 3.8) is 0 Å². The molecule has 0 bridgehead atoms. The molecule has 3 aromatic rings. The Bertz CT molecular complexity index is 941. The number of benzene rings is 2. The first-order valence-corrected chi connectivity index (χ1v) is 10.1. The number of aromatic nitrogens is 1. The third kappa shape index (κ3) is 4.12. The molecule has 0 fully saturated rings. The monoisotopic (exact) mass is 432 g/mol. The standard InChI is InChI=1S/C19H17BrN2O3S/c1-25-17-11-10-15(20)13-18(17)26(23,24)22-19(14-7-3-2-4-8-14)16-9-5-6-12-21-16/h2-13,19,22H,1H3. The second-order valence-corrected chi connectivity index (χ2v) is 8.11. The zero-order valence-electron chi connectivity index (χ0n) is 14.0. The minimum Gasteiger partial charge on any atom is -0.495 e. The number of rotatable bonds is 6. The van der Waals surface area contributed by atoms with Crippen LogP contribution in [0.2, 0.25) is 0 Å². The van der Waals surface area contributed by atoms with Gasteiger partial charge >= 0.3 is 0 Å². The molecule has 1 aromatic heterocycles. The summed E-state index contributed by atoms with van der Waals surface area (Å²) in [6.45, 7) is 0. The van der Waals surface area contributed by atoms with Crippen molar-refractivity contribution in [3.8, 4) is 5.75 Å². The first-order valence-electron chi connectivity index (χ1n) is 7.83. The van der Waals surface area contributed by atoms with Gasteiger partial charge in [0, 0.05) is 10.7 Å². The Morgan fingerprint density at radius 3 is 2.42 bits per heavy atom. The van der Waals surface area contributed by atoms with Crippen molar-refractivity contribution in [1.29, 1.82) is 0 Å². The number of hydrogen-bond acceptors (Lipinski definition) is 4. The van der Waals surface area contributed by atoms with Crippen molar-refractivity contribution in [2.75, 3.05) is 7.11 Å². The van der Waals surface area contributed by atoms with E-state index in [1.165, 1.54) is 13.2 Å². The van der Waals surface area contributed by atoms with Crippen LogP contribution in [0.4, 0.5) is 0 Å². The molecule has 7 heteroatoms. The summed E-state index contributed by atoms with van der Waals surface area (Å²) in [5, 5.41) is 0. The molecule has 3 rings (SSSR count). The lowest BCUT2D eigenvalue weighted by Crippen LogP contribution is -2.30. The van der Waals surface area contributed by atoms with Crippen LogP contribution >= 0.6 is 15.9 Å². The van der Waals surface area contributed by atoms with Crippen LogP contribution in [0.25, 0.3) is 0 Å². The minimum absolute atomic E-state index is 0.0613. The molecule has 5 nitrogen and oxygen atoms in total. The van der Waals surface area contributed by atoms with E-state index in [0.29, 0.717) is 10.2 Å². The van der Waals surface area contributed by atoms with E-state index in [1.54, 1.807) is 30.5 Å². The van der Waals surface area contributed by atoms with E-state index in [0.717, 1.165) is 5.56 Å². The Hall–Kier alpha value is -2.22. The van der Waals surface area contributed by atoms with Gasteiger partial charge in [-0.05, 0) is 35.9 Å². The van der Waals surface area contributed by atoms with E-state index in [2.05, 4.69) is 25.6 Å². The van der Waals surface area contributed by atoms with E-state index < -0.39 is 16.1 Å². The Labute approximate surface area is 161 Å². The molecule has 1 atom stereocenters. The molecule has 0 saturated heterocycles. The molecule has 0 radical (unpaired) electrons. The summed E-state index contributed by atoms with van der Waals surface area (Å²) in [5.41, 5.74) is 1.40. The Balaban J connectivity index is 2.06. The molecule has 26 heavy (non-hydrogen) atoms. The van der Waals surface area contributed by atoms with Crippen molar-refractivity contribution in [2.24, 2.45) is 0 Å². The molecular formula is C19H17BrN2O3S. The van der Waals surface area contributed by atoms with Gasteiger partial charge in [0.25, 0.3) is 0 Å².